The van der Waals surface area contributed by atoms with Gasteiger partial charge in [-0.15, -0.1) is 0 Å². The molecule has 1 saturated heterocycles. The minimum atomic E-state index is -0.435. The molecule has 3 aromatic carbocycles. The number of nitrogens with one attached hydrogen (secondary N) is 1. The van der Waals surface area contributed by atoms with Crippen LogP contribution in [0.2, 0.25) is 0 Å². The molecule has 0 aromatic heterocycles. The summed E-state index contributed by atoms with van der Waals surface area (Å²) in [6, 6.07) is 20.0. The van der Waals surface area contributed by atoms with Gasteiger partial charge in [-0.05, 0) is 60.4 Å². The Labute approximate surface area is 192 Å². The highest BCUT2D eigenvalue weighted by Crippen LogP contribution is 2.32. The van der Waals surface area contributed by atoms with Crippen LogP contribution in [0.4, 0.5) is 8.78 Å². The number of carbonyl (C=O) groups excluding carboxylic acids is 2. The Bertz CT molecular complexity index is 1150. The number of benzene rings is 3. The van der Waals surface area contributed by atoms with Crippen molar-refractivity contribution in [3.05, 3.63) is 107 Å². The molecule has 0 radical (unpaired) electrons. The van der Waals surface area contributed by atoms with Gasteiger partial charge in [0, 0.05) is 31.1 Å². The zero-order valence-electron chi connectivity index (χ0n) is 18.4. The van der Waals surface area contributed by atoms with Crippen molar-refractivity contribution in [2.24, 2.45) is 5.92 Å². The monoisotopic (exact) mass is 448 g/mol. The van der Waals surface area contributed by atoms with E-state index < -0.39 is 5.92 Å². The smallest absolute Gasteiger partial charge is 0.253 e. The van der Waals surface area contributed by atoms with E-state index in [4.69, 9.17) is 0 Å². The maximum Gasteiger partial charge on any atom is 0.253 e. The summed E-state index contributed by atoms with van der Waals surface area (Å²) in [5.74, 6) is -1.50. The number of likely N-dealkylation sites (tertiary alicyclic amines) is 1. The molecular formula is C27H26F2N2O2. The third-order valence-corrected chi connectivity index (χ3v) is 6.14. The first-order valence-electron chi connectivity index (χ1n) is 11.0. The van der Waals surface area contributed by atoms with Crippen molar-refractivity contribution >= 4 is 11.8 Å². The summed E-state index contributed by atoms with van der Waals surface area (Å²) in [4.78, 5) is 27.9. The molecule has 1 aliphatic heterocycles. The number of amides is 2. The van der Waals surface area contributed by atoms with Crippen molar-refractivity contribution in [2.45, 2.75) is 25.8 Å². The van der Waals surface area contributed by atoms with E-state index in [9.17, 15) is 18.4 Å². The maximum atomic E-state index is 13.8. The number of nitrogens with zero attached hydrogens (tertiary/aromatic N) is 1. The number of hydrogen-bond acceptors (Lipinski definition) is 2. The molecule has 0 spiro atoms. The van der Waals surface area contributed by atoms with Gasteiger partial charge >= 0.3 is 0 Å². The van der Waals surface area contributed by atoms with Crippen LogP contribution < -0.4 is 5.32 Å². The van der Waals surface area contributed by atoms with Gasteiger partial charge in [-0.1, -0.05) is 42.5 Å². The van der Waals surface area contributed by atoms with E-state index in [1.165, 1.54) is 18.2 Å². The van der Waals surface area contributed by atoms with E-state index in [0.29, 0.717) is 36.2 Å². The molecule has 33 heavy (non-hydrogen) atoms. The van der Waals surface area contributed by atoms with Gasteiger partial charge in [0.1, 0.15) is 11.6 Å². The van der Waals surface area contributed by atoms with E-state index >= 15 is 0 Å². The first-order valence-corrected chi connectivity index (χ1v) is 11.0. The highest BCUT2D eigenvalue weighted by Gasteiger charge is 2.35. The van der Waals surface area contributed by atoms with Crippen LogP contribution in [0.15, 0.2) is 72.8 Å². The molecule has 2 unspecified atom stereocenters. The lowest BCUT2D eigenvalue weighted by Gasteiger charge is -2.37. The van der Waals surface area contributed by atoms with E-state index in [2.05, 4.69) is 5.32 Å². The van der Waals surface area contributed by atoms with Crippen molar-refractivity contribution in [2.75, 3.05) is 13.1 Å². The topological polar surface area (TPSA) is 49.4 Å². The van der Waals surface area contributed by atoms with Crippen LogP contribution in [0.1, 0.15) is 39.4 Å². The van der Waals surface area contributed by atoms with Gasteiger partial charge in [-0.2, -0.15) is 0 Å². The Morgan fingerprint density at radius 3 is 2.48 bits per heavy atom. The zero-order chi connectivity index (χ0) is 23.4. The van der Waals surface area contributed by atoms with Gasteiger partial charge in [0.25, 0.3) is 5.91 Å². The third-order valence-electron chi connectivity index (χ3n) is 6.14. The van der Waals surface area contributed by atoms with Crippen molar-refractivity contribution in [1.29, 1.82) is 0 Å². The molecule has 1 aliphatic rings. The van der Waals surface area contributed by atoms with Crippen molar-refractivity contribution in [1.82, 2.24) is 10.2 Å². The first kappa shape index (κ1) is 22.6. The first-order chi connectivity index (χ1) is 15.9. The number of piperidine rings is 1. The third kappa shape index (κ3) is 5.45. The second kappa shape index (κ2) is 9.94. The Morgan fingerprint density at radius 1 is 0.970 bits per heavy atom. The molecule has 3 aromatic rings. The zero-order valence-corrected chi connectivity index (χ0v) is 18.4. The fraction of sp³-hybridized carbons (Fsp3) is 0.259. The van der Waals surface area contributed by atoms with Crippen molar-refractivity contribution in [3.8, 4) is 0 Å². The average Bonchev–Trinajstić information content (AvgIpc) is 2.84. The lowest BCUT2D eigenvalue weighted by atomic mass is 9.83. The summed E-state index contributed by atoms with van der Waals surface area (Å²) < 4.78 is 27.3. The molecule has 170 valence electrons. The van der Waals surface area contributed by atoms with Crippen molar-refractivity contribution in [3.63, 3.8) is 0 Å². The van der Waals surface area contributed by atoms with Crippen LogP contribution in [-0.4, -0.2) is 29.8 Å². The fourth-order valence-corrected chi connectivity index (χ4v) is 4.36. The Kier molecular flexibility index (Phi) is 6.82. The molecule has 2 amide bonds. The predicted octanol–water partition coefficient (Wildman–Crippen LogP) is 4.84. The SMILES string of the molecule is Cc1cc(C2CC(C(=O)NCc3cccc(F)c3)CN(C(=O)c3ccccc3)C2)ccc1F. The fourth-order valence-electron chi connectivity index (χ4n) is 4.36. The molecule has 0 saturated carbocycles. The number of aryl methyl sites for hydroxylation is 1. The van der Waals surface area contributed by atoms with Crippen LogP contribution in [0.3, 0.4) is 0 Å². The van der Waals surface area contributed by atoms with E-state index in [0.717, 1.165) is 5.56 Å². The van der Waals surface area contributed by atoms with Crippen LogP contribution in [0.5, 0.6) is 0 Å². The van der Waals surface area contributed by atoms with Gasteiger partial charge in [-0.3, -0.25) is 9.59 Å². The standard InChI is InChI=1S/C27H26F2N2O2/c1-18-12-21(10-11-25(18)29)22-14-23(26(32)30-15-19-6-5-9-24(28)13-19)17-31(16-22)27(33)20-7-3-2-4-8-20/h2-13,22-23H,14-17H2,1H3,(H,30,32). The molecule has 0 aliphatic carbocycles. The second-order valence-corrected chi connectivity index (χ2v) is 8.56. The summed E-state index contributed by atoms with van der Waals surface area (Å²) in [7, 11) is 0. The highest BCUT2D eigenvalue weighted by atomic mass is 19.1. The van der Waals surface area contributed by atoms with E-state index in [1.807, 2.05) is 6.07 Å². The molecule has 0 bridgehead atoms. The average molecular weight is 449 g/mol. The predicted molar refractivity (Wildman–Crippen MR) is 123 cm³/mol. The van der Waals surface area contributed by atoms with Gasteiger partial charge in [0.15, 0.2) is 0 Å². The Balaban J connectivity index is 1.55. The normalized spacial score (nSPS) is 18.1. The lowest BCUT2D eigenvalue weighted by molar-refractivity contribution is -0.126. The molecule has 4 rings (SSSR count). The minimum Gasteiger partial charge on any atom is -0.352 e. The summed E-state index contributed by atoms with van der Waals surface area (Å²) >= 11 is 0. The number of hydrogen-bond donors (Lipinski definition) is 1. The summed E-state index contributed by atoms with van der Waals surface area (Å²) in [5, 5.41) is 2.88. The van der Waals surface area contributed by atoms with Gasteiger partial charge < -0.3 is 10.2 Å². The van der Waals surface area contributed by atoms with E-state index in [-0.39, 0.29) is 35.9 Å². The molecule has 1 heterocycles. The van der Waals surface area contributed by atoms with Gasteiger partial charge in [-0.25, -0.2) is 8.78 Å². The summed E-state index contributed by atoms with van der Waals surface area (Å²) in [5.41, 5.74) is 2.67. The molecule has 1 fully saturated rings. The minimum absolute atomic E-state index is 0.101. The molecular weight excluding hydrogens is 422 g/mol. The second-order valence-electron chi connectivity index (χ2n) is 8.56. The van der Waals surface area contributed by atoms with Crippen LogP contribution in [-0.2, 0) is 11.3 Å². The quantitative estimate of drug-likeness (QED) is 0.608. The largest absolute Gasteiger partial charge is 0.352 e. The van der Waals surface area contributed by atoms with Crippen LogP contribution in [0.25, 0.3) is 0 Å². The van der Waals surface area contributed by atoms with Crippen molar-refractivity contribution < 1.29 is 18.4 Å². The van der Waals surface area contributed by atoms with E-state index in [1.54, 1.807) is 60.4 Å². The number of halogens is 2. The number of carbonyl (C=O) groups is 2. The number of rotatable bonds is 5. The van der Waals surface area contributed by atoms with Gasteiger partial charge in [0.05, 0.1) is 5.92 Å². The molecule has 4 nitrogen and oxygen atoms in total. The summed E-state index contributed by atoms with van der Waals surface area (Å²) in [6.07, 6.45) is 0.540. The van der Waals surface area contributed by atoms with Crippen LogP contribution >= 0.6 is 0 Å². The lowest BCUT2D eigenvalue weighted by Crippen LogP contribution is -2.48. The molecule has 2 atom stereocenters. The maximum absolute atomic E-state index is 13.8. The Hall–Kier alpha value is -3.54. The summed E-state index contributed by atoms with van der Waals surface area (Å²) in [6.45, 7) is 2.66. The van der Waals surface area contributed by atoms with Crippen LogP contribution in [0, 0.1) is 24.5 Å². The molecule has 1 N–H and O–H groups in total. The van der Waals surface area contributed by atoms with Gasteiger partial charge in [0.2, 0.25) is 5.91 Å². The molecule has 6 heteroatoms. The Morgan fingerprint density at radius 2 is 1.76 bits per heavy atom. The highest BCUT2D eigenvalue weighted by molar-refractivity contribution is 5.94.